The molecule has 4 nitrogen and oxygen atoms in total. The summed E-state index contributed by atoms with van der Waals surface area (Å²) in [7, 11) is 0. The predicted molar refractivity (Wildman–Crippen MR) is 68.0 cm³/mol. The molecule has 1 aliphatic heterocycles. The molecule has 0 aromatic heterocycles. The lowest BCUT2D eigenvalue weighted by atomic mass is 10.0. The summed E-state index contributed by atoms with van der Waals surface area (Å²) in [6.45, 7) is 1.68. The normalized spacial score (nSPS) is 27.4. The number of benzene rings is 1. The van der Waals surface area contributed by atoms with Gasteiger partial charge in [0.05, 0.1) is 0 Å². The van der Waals surface area contributed by atoms with E-state index >= 15 is 0 Å². The van der Waals surface area contributed by atoms with E-state index in [-0.39, 0.29) is 23.5 Å². The molecule has 2 fully saturated rings. The minimum Gasteiger partial charge on any atom is -0.342 e. The first-order valence-electron chi connectivity index (χ1n) is 6.47. The van der Waals surface area contributed by atoms with E-state index in [0.29, 0.717) is 5.69 Å². The molecule has 0 spiro atoms. The smallest absolute Gasteiger partial charge is 0.250 e. The summed E-state index contributed by atoms with van der Waals surface area (Å²) in [4.78, 5) is 25.9. The van der Waals surface area contributed by atoms with Gasteiger partial charge in [-0.15, -0.1) is 0 Å². The topological polar surface area (TPSA) is 49.4 Å². The number of piperazine rings is 1. The van der Waals surface area contributed by atoms with E-state index in [0.717, 1.165) is 12.8 Å². The monoisotopic (exact) mass is 262 g/mol. The van der Waals surface area contributed by atoms with Gasteiger partial charge in [-0.3, -0.25) is 14.5 Å². The average Bonchev–Trinajstić information content (AvgIpc) is 3.21. The molecule has 100 valence electrons. The molecule has 2 amide bonds. The van der Waals surface area contributed by atoms with Crippen molar-refractivity contribution in [2.75, 3.05) is 4.90 Å². The van der Waals surface area contributed by atoms with Crippen molar-refractivity contribution in [3.05, 3.63) is 30.1 Å². The number of halogens is 1. The van der Waals surface area contributed by atoms with Gasteiger partial charge in [0.1, 0.15) is 17.9 Å². The molecule has 1 N–H and O–H groups in total. The highest BCUT2D eigenvalue weighted by Gasteiger charge is 2.45. The van der Waals surface area contributed by atoms with Crippen LogP contribution in [0.1, 0.15) is 19.8 Å². The van der Waals surface area contributed by atoms with Crippen molar-refractivity contribution in [3.63, 3.8) is 0 Å². The Morgan fingerprint density at radius 2 is 1.84 bits per heavy atom. The molecule has 2 unspecified atom stereocenters. The Labute approximate surface area is 110 Å². The molecule has 1 saturated heterocycles. The second-order valence-electron chi connectivity index (χ2n) is 5.18. The van der Waals surface area contributed by atoms with Gasteiger partial charge in [0.2, 0.25) is 5.91 Å². The van der Waals surface area contributed by atoms with E-state index in [1.165, 1.54) is 29.2 Å². The first kappa shape index (κ1) is 12.1. The molecule has 1 aliphatic carbocycles. The van der Waals surface area contributed by atoms with Gasteiger partial charge < -0.3 is 5.32 Å². The lowest BCUT2D eigenvalue weighted by molar-refractivity contribution is -0.133. The molecule has 0 bridgehead atoms. The van der Waals surface area contributed by atoms with Crippen LogP contribution in [0, 0.1) is 11.7 Å². The zero-order chi connectivity index (χ0) is 13.6. The van der Waals surface area contributed by atoms with Crippen LogP contribution in [0.15, 0.2) is 24.3 Å². The van der Waals surface area contributed by atoms with Crippen LogP contribution in [0.4, 0.5) is 10.1 Å². The summed E-state index contributed by atoms with van der Waals surface area (Å²) in [5.74, 6) is -0.349. The highest BCUT2D eigenvalue weighted by Crippen LogP contribution is 2.36. The fraction of sp³-hybridized carbons (Fsp3) is 0.429. The number of nitrogens with one attached hydrogen (secondary N) is 1. The molecule has 0 radical (unpaired) electrons. The van der Waals surface area contributed by atoms with Crippen molar-refractivity contribution in [2.45, 2.75) is 31.8 Å². The molecule has 1 saturated carbocycles. The molecule has 19 heavy (non-hydrogen) atoms. The summed E-state index contributed by atoms with van der Waals surface area (Å²) in [6.07, 6.45) is 1.95. The second kappa shape index (κ2) is 4.33. The van der Waals surface area contributed by atoms with Crippen molar-refractivity contribution < 1.29 is 14.0 Å². The molecule has 3 rings (SSSR count). The highest BCUT2D eigenvalue weighted by molar-refractivity contribution is 6.08. The van der Waals surface area contributed by atoms with Crippen LogP contribution in [0.5, 0.6) is 0 Å². The largest absolute Gasteiger partial charge is 0.342 e. The van der Waals surface area contributed by atoms with Gasteiger partial charge in [-0.05, 0) is 49.9 Å². The van der Waals surface area contributed by atoms with E-state index in [2.05, 4.69) is 5.32 Å². The van der Waals surface area contributed by atoms with Gasteiger partial charge in [-0.2, -0.15) is 0 Å². The van der Waals surface area contributed by atoms with Crippen LogP contribution in [0.3, 0.4) is 0 Å². The van der Waals surface area contributed by atoms with Crippen molar-refractivity contribution in [1.29, 1.82) is 0 Å². The van der Waals surface area contributed by atoms with Gasteiger partial charge in [0.25, 0.3) is 5.91 Å². The van der Waals surface area contributed by atoms with Gasteiger partial charge in [-0.25, -0.2) is 4.39 Å². The Morgan fingerprint density at radius 3 is 2.42 bits per heavy atom. The Bertz CT molecular complexity index is 525. The summed E-state index contributed by atoms with van der Waals surface area (Å²) in [5.41, 5.74) is 0.569. The average molecular weight is 262 g/mol. The number of nitrogens with zero attached hydrogens (tertiary/aromatic N) is 1. The van der Waals surface area contributed by atoms with E-state index in [4.69, 9.17) is 0 Å². The third kappa shape index (κ3) is 2.09. The molecule has 1 aromatic carbocycles. The maximum atomic E-state index is 13.0. The number of carbonyl (C=O) groups excluding carboxylic acids is 2. The SMILES string of the molecule is CC1C(=O)NC(C2CC2)C(=O)N1c1ccc(F)cc1. The van der Waals surface area contributed by atoms with E-state index in [9.17, 15) is 14.0 Å². The number of anilines is 1. The lowest BCUT2D eigenvalue weighted by Crippen LogP contribution is -2.63. The lowest BCUT2D eigenvalue weighted by Gasteiger charge is -2.37. The molecular weight excluding hydrogens is 247 g/mol. The van der Waals surface area contributed by atoms with Crippen LogP contribution in [0.2, 0.25) is 0 Å². The molecular formula is C14H15FN2O2. The molecule has 1 heterocycles. The zero-order valence-corrected chi connectivity index (χ0v) is 10.6. The maximum absolute atomic E-state index is 13.0. The first-order valence-corrected chi connectivity index (χ1v) is 6.47. The quantitative estimate of drug-likeness (QED) is 0.877. The van der Waals surface area contributed by atoms with Crippen molar-refractivity contribution in [2.24, 2.45) is 5.92 Å². The summed E-state index contributed by atoms with van der Waals surface area (Å²) in [5, 5.41) is 2.78. The van der Waals surface area contributed by atoms with Crippen molar-refractivity contribution in [3.8, 4) is 0 Å². The number of rotatable bonds is 2. The van der Waals surface area contributed by atoms with Crippen LogP contribution in [0.25, 0.3) is 0 Å². The molecule has 2 atom stereocenters. The van der Waals surface area contributed by atoms with Crippen molar-refractivity contribution in [1.82, 2.24) is 5.32 Å². The van der Waals surface area contributed by atoms with Gasteiger partial charge >= 0.3 is 0 Å². The Balaban J connectivity index is 1.93. The van der Waals surface area contributed by atoms with Gasteiger partial charge in [-0.1, -0.05) is 0 Å². The fourth-order valence-corrected chi connectivity index (χ4v) is 2.50. The molecule has 2 aliphatic rings. The Morgan fingerprint density at radius 1 is 1.21 bits per heavy atom. The van der Waals surface area contributed by atoms with Crippen molar-refractivity contribution >= 4 is 17.5 Å². The Hall–Kier alpha value is -1.91. The number of hydrogen-bond acceptors (Lipinski definition) is 2. The summed E-state index contributed by atoms with van der Waals surface area (Å²) >= 11 is 0. The minimum absolute atomic E-state index is 0.0961. The van der Waals surface area contributed by atoms with Crippen LogP contribution >= 0.6 is 0 Å². The third-order valence-electron chi connectivity index (χ3n) is 3.77. The standard InChI is InChI=1S/C14H15FN2O2/c1-8-13(18)16-12(9-2-3-9)14(19)17(8)11-6-4-10(15)5-7-11/h4-9,12H,2-3H2,1H3,(H,16,18). The van der Waals surface area contributed by atoms with E-state index < -0.39 is 12.1 Å². The number of amides is 2. The van der Waals surface area contributed by atoms with Crippen LogP contribution in [-0.4, -0.2) is 23.9 Å². The minimum atomic E-state index is -0.562. The highest BCUT2D eigenvalue weighted by atomic mass is 19.1. The second-order valence-corrected chi connectivity index (χ2v) is 5.18. The fourth-order valence-electron chi connectivity index (χ4n) is 2.50. The first-order chi connectivity index (χ1) is 9.08. The number of hydrogen-bond donors (Lipinski definition) is 1. The molecule has 5 heteroatoms. The predicted octanol–water partition coefficient (Wildman–Crippen LogP) is 1.46. The van der Waals surface area contributed by atoms with E-state index in [1.807, 2.05) is 0 Å². The maximum Gasteiger partial charge on any atom is 0.250 e. The Kier molecular flexibility index (Phi) is 2.77. The summed E-state index contributed by atoms with van der Waals surface area (Å²) in [6, 6.07) is 4.68. The van der Waals surface area contributed by atoms with E-state index in [1.54, 1.807) is 6.92 Å². The van der Waals surface area contributed by atoms with Gasteiger partial charge in [0.15, 0.2) is 0 Å². The van der Waals surface area contributed by atoms with Crippen LogP contribution in [-0.2, 0) is 9.59 Å². The zero-order valence-electron chi connectivity index (χ0n) is 10.6. The van der Waals surface area contributed by atoms with Crippen LogP contribution < -0.4 is 10.2 Å². The third-order valence-corrected chi connectivity index (χ3v) is 3.77. The molecule has 1 aromatic rings. The number of carbonyl (C=O) groups is 2. The summed E-state index contributed by atoms with van der Waals surface area (Å²) < 4.78 is 13.0. The van der Waals surface area contributed by atoms with Gasteiger partial charge in [0, 0.05) is 5.69 Å².